The second-order valence-electron chi connectivity index (χ2n) is 6.02. The van der Waals surface area contributed by atoms with Crippen molar-refractivity contribution in [3.05, 3.63) is 76.8 Å². The largest absolute Gasteiger partial charge is 0.449 e. The number of halogens is 2. The number of anilines is 1. The van der Waals surface area contributed by atoms with Gasteiger partial charge >= 0.3 is 5.97 Å². The van der Waals surface area contributed by atoms with Crippen molar-refractivity contribution in [3.63, 3.8) is 0 Å². The highest BCUT2D eigenvalue weighted by Crippen LogP contribution is 2.24. The molecule has 28 heavy (non-hydrogen) atoms. The zero-order valence-electron chi connectivity index (χ0n) is 15.1. The van der Waals surface area contributed by atoms with Gasteiger partial charge < -0.3 is 10.1 Å². The minimum atomic E-state index is -1.16. The summed E-state index contributed by atoms with van der Waals surface area (Å²) in [5, 5.41) is 6.73. The van der Waals surface area contributed by atoms with Gasteiger partial charge in [-0.15, -0.1) is 0 Å². The third kappa shape index (κ3) is 4.04. The van der Waals surface area contributed by atoms with Crippen LogP contribution in [0, 0.1) is 12.7 Å². The number of aromatic nitrogens is 2. The summed E-state index contributed by atoms with van der Waals surface area (Å²) in [5.41, 5.74) is 1.11. The number of benzene rings is 2. The van der Waals surface area contributed by atoms with Crippen molar-refractivity contribution < 1.29 is 18.7 Å². The molecule has 1 N–H and O–H groups in total. The van der Waals surface area contributed by atoms with Crippen LogP contribution in [0.5, 0.6) is 0 Å². The number of carbonyl (C=O) groups excluding carboxylic acids is 2. The van der Waals surface area contributed by atoms with Crippen molar-refractivity contribution >= 4 is 29.2 Å². The first-order valence-electron chi connectivity index (χ1n) is 8.45. The van der Waals surface area contributed by atoms with Gasteiger partial charge in [0.2, 0.25) is 0 Å². The Labute approximate surface area is 165 Å². The van der Waals surface area contributed by atoms with E-state index in [1.54, 1.807) is 25.1 Å². The summed E-state index contributed by atoms with van der Waals surface area (Å²) in [6, 6.07) is 14.8. The molecule has 1 atom stereocenters. The molecule has 0 unspecified atom stereocenters. The number of hydrogen-bond acceptors (Lipinski definition) is 4. The number of hydrogen-bond donors (Lipinski definition) is 1. The number of para-hydroxylation sites is 2. The van der Waals surface area contributed by atoms with Crippen LogP contribution in [0.15, 0.2) is 54.6 Å². The molecule has 2 aromatic carbocycles. The van der Waals surface area contributed by atoms with Gasteiger partial charge in [-0.2, -0.15) is 5.10 Å². The minimum absolute atomic E-state index is 0.00140. The molecule has 144 valence electrons. The molecule has 6 nitrogen and oxygen atoms in total. The average Bonchev–Trinajstić information content (AvgIpc) is 2.98. The highest BCUT2D eigenvalue weighted by atomic mass is 35.5. The number of esters is 1. The van der Waals surface area contributed by atoms with E-state index in [4.69, 9.17) is 16.3 Å². The number of rotatable bonds is 5. The van der Waals surface area contributed by atoms with E-state index in [0.29, 0.717) is 11.4 Å². The van der Waals surface area contributed by atoms with Crippen LogP contribution in [0.25, 0.3) is 5.69 Å². The number of carbonyl (C=O) groups is 2. The molecular formula is C20H17ClFN3O3. The summed E-state index contributed by atoms with van der Waals surface area (Å²) >= 11 is 6.32. The Hall–Kier alpha value is -3.19. The number of ether oxygens (including phenoxy) is 1. The number of aryl methyl sites for hydroxylation is 1. The van der Waals surface area contributed by atoms with E-state index >= 15 is 0 Å². The van der Waals surface area contributed by atoms with Crippen LogP contribution in [0.3, 0.4) is 0 Å². The van der Waals surface area contributed by atoms with E-state index in [0.717, 1.165) is 0 Å². The lowest BCUT2D eigenvalue weighted by Crippen LogP contribution is -2.30. The van der Waals surface area contributed by atoms with E-state index < -0.39 is 23.8 Å². The molecule has 1 heterocycles. The highest BCUT2D eigenvalue weighted by molar-refractivity contribution is 6.33. The lowest BCUT2D eigenvalue weighted by molar-refractivity contribution is -0.123. The molecule has 0 saturated carbocycles. The molecule has 1 aromatic heterocycles. The molecule has 0 fully saturated rings. The zero-order chi connectivity index (χ0) is 20.3. The van der Waals surface area contributed by atoms with Crippen LogP contribution >= 0.6 is 11.6 Å². The first kappa shape index (κ1) is 19.6. The summed E-state index contributed by atoms with van der Waals surface area (Å²) in [6.45, 7) is 3.00. The zero-order valence-corrected chi connectivity index (χ0v) is 15.9. The van der Waals surface area contributed by atoms with E-state index in [1.807, 2.05) is 18.2 Å². The monoisotopic (exact) mass is 401 g/mol. The Morgan fingerprint density at radius 3 is 2.46 bits per heavy atom. The van der Waals surface area contributed by atoms with Gasteiger partial charge in [0.05, 0.1) is 17.1 Å². The Morgan fingerprint density at radius 2 is 1.79 bits per heavy atom. The summed E-state index contributed by atoms with van der Waals surface area (Å²) in [5.74, 6) is -2.04. The molecule has 0 aliphatic heterocycles. The predicted molar refractivity (Wildman–Crippen MR) is 103 cm³/mol. The molecule has 0 aliphatic carbocycles. The Morgan fingerprint density at radius 1 is 1.14 bits per heavy atom. The molecule has 0 saturated heterocycles. The van der Waals surface area contributed by atoms with E-state index in [9.17, 15) is 14.0 Å². The normalized spacial score (nSPS) is 11.7. The first-order valence-corrected chi connectivity index (χ1v) is 8.83. The van der Waals surface area contributed by atoms with Gasteiger partial charge in [0.25, 0.3) is 5.91 Å². The van der Waals surface area contributed by atoms with Gasteiger partial charge in [0, 0.05) is 0 Å². The van der Waals surface area contributed by atoms with E-state index in [2.05, 4.69) is 10.4 Å². The van der Waals surface area contributed by atoms with Crippen molar-refractivity contribution in [1.82, 2.24) is 9.78 Å². The Balaban J connectivity index is 1.75. The van der Waals surface area contributed by atoms with Crippen LogP contribution in [-0.2, 0) is 9.53 Å². The number of amides is 1. The summed E-state index contributed by atoms with van der Waals surface area (Å²) in [7, 11) is 0. The van der Waals surface area contributed by atoms with Gasteiger partial charge in [0.1, 0.15) is 16.5 Å². The van der Waals surface area contributed by atoms with Gasteiger partial charge in [-0.1, -0.05) is 41.9 Å². The standard InChI is InChI=1S/C20H17ClFN3O3/c1-12-17(18(21)25(24-12)14-8-4-3-5-9-14)20(27)28-13(2)19(26)23-16-11-7-6-10-15(16)22/h3-11,13H,1-2H3,(H,23,26)/t13-/m0/s1. The van der Waals surface area contributed by atoms with Crippen molar-refractivity contribution in [2.24, 2.45) is 0 Å². The second-order valence-corrected chi connectivity index (χ2v) is 6.37. The summed E-state index contributed by atoms with van der Waals surface area (Å²) in [4.78, 5) is 24.8. The quantitative estimate of drug-likeness (QED) is 0.651. The molecule has 3 rings (SSSR count). The third-order valence-corrected chi connectivity index (χ3v) is 4.34. The van der Waals surface area contributed by atoms with Crippen LogP contribution in [0.2, 0.25) is 5.15 Å². The fourth-order valence-corrected chi connectivity index (χ4v) is 2.89. The van der Waals surface area contributed by atoms with Crippen molar-refractivity contribution in [3.8, 4) is 5.69 Å². The maximum absolute atomic E-state index is 13.7. The fraction of sp³-hybridized carbons (Fsp3) is 0.150. The van der Waals surface area contributed by atoms with Gasteiger partial charge in [0.15, 0.2) is 6.10 Å². The Kier molecular flexibility index (Phi) is 5.75. The smallest absolute Gasteiger partial charge is 0.344 e. The van der Waals surface area contributed by atoms with E-state index in [-0.39, 0.29) is 16.4 Å². The number of nitrogens with one attached hydrogen (secondary N) is 1. The minimum Gasteiger partial charge on any atom is -0.449 e. The summed E-state index contributed by atoms with van der Waals surface area (Å²) < 4.78 is 20.3. The van der Waals surface area contributed by atoms with Gasteiger partial charge in [-0.25, -0.2) is 13.9 Å². The predicted octanol–water partition coefficient (Wildman–Crippen LogP) is 4.16. The SMILES string of the molecule is Cc1nn(-c2ccccc2)c(Cl)c1C(=O)O[C@@H](C)C(=O)Nc1ccccc1F. The third-order valence-electron chi connectivity index (χ3n) is 3.99. The highest BCUT2D eigenvalue weighted by Gasteiger charge is 2.26. The maximum Gasteiger partial charge on any atom is 0.344 e. The topological polar surface area (TPSA) is 73.2 Å². The van der Waals surface area contributed by atoms with Crippen LogP contribution in [0.4, 0.5) is 10.1 Å². The molecule has 0 spiro atoms. The van der Waals surface area contributed by atoms with Crippen molar-refractivity contribution in [2.45, 2.75) is 20.0 Å². The molecule has 1 amide bonds. The fourth-order valence-electron chi connectivity index (χ4n) is 2.54. The molecule has 3 aromatic rings. The maximum atomic E-state index is 13.7. The second kappa shape index (κ2) is 8.22. The van der Waals surface area contributed by atoms with Crippen LogP contribution in [-0.4, -0.2) is 27.8 Å². The lowest BCUT2D eigenvalue weighted by atomic mass is 10.2. The average molecular weight is 402 g/mol. The van der Waals surface area contributed by atoms with Crippen LogP contribution in [0.1, 0.15) is 23.0 Å². The first-order chi connectivity index (χ1) is 13.4. The van der Waals surface area contributed by atoms with Crippen molar-refractivity contribution in [1.29, 1.82) is 0 Å². The van der Waals surface area contributed by atoms with E-state index in [1.165, 1.54) is 29.8 Å². The molecule has 0 aliphatic rings. The number of nitrogens with zero attached hydrogens (tertiary/aromatic N) is 2. The van der Waals surface area contributed by atoms with Gasteiger partial charge in [-0.05, 0) is 38.1 Å². The Bertz CT molecular complexity index is 1020. The van der Waals surface area contributed by atoms with Gasteiger partial charge in [-0.3, -0.25) is 4.79 Å². The summed E-state index contributed by atoms with van der Waals surface area (Å²) in [6.07, 6.45) is -1.16. The molecule has 8 heteroatoms. The van der Waals surface area contributed by atoms with Crippen LogP contribution < -0.4 is 5.32 Å². The molecule has 0 radical (unpaired) electrons. The molecule has 0 bridgehead atoms. The molecular weight excluding hydrogens is 385 g/mol. The lowest BCUT2D eigenvalue weighted by Gasteiger charge is -2.14. The van der Waals surface area contributed by atoms with Crippen molar-refractivity contribution in [2.75, 3.05) is 5.32 Å².